The second kappa shape index (κ2) is 7.22. The Hall–Kier alpha value is -2.56. The second-order valence-corrected chi connectivity index (χ2v) is 6.74. The number of hydrogen-bond donors (Lipinski definition) is 3. The van der Waals surface area contributed by atoms with E-state index in [-0.39, 0.29) is 6.42 Å². The Morgan fingerprint density at radius 3 is 1.74 bits per heavy atom. The zero-order valence-electron chi connectivity index (χ0n) is 14.1. The van der Waals surface area contributed by atoms with Crippen LogP contribution in [0.5, 0.6) is 0 Å². The van der Waals surface area contributed by atoms with E-state index in [1.165, 1.54) is 0 Å². The van der Waals surface area contributed by atoms with Crippen LogP contribution in [0.1, 0.15) is 12.8 Å². The number of aliphatic carboxylic acids is 3. The quantitative estimate of drug-likeness (QED) is 0.669. The number of rotatable bonds is 6. The molecule has 2 atom stereocenters. The van der Waals surface area contributed by atoms with Crippen LogP contribution in [0.15, 0.2) is 24.5 Å². The lowest BCUT2D eigenvalue weighted by Crippen LogP contribution is -2.30. The van der Waals surface area contributed by atoms with Crippen molar-refractivity contribution in [3.05, 3.63) is 24.5 Å². The van der Waals surface area contributed by atoms with E-state index in [0.29, 0.717) is 13.1 Å². The molecule has 1 aliphatic heterocycles. The van der Waals surface area contributed by atoms with Crippen molar-refractivity contribution >= 4 is 17.9 Å². The molecule has 150 valence electrons. The molecule has 0 amide bonds. The number of carboxylic acids is 3. The van der Waals surface area contributed by atoms with Gasteiger partial charge >= 0.3 is 24.1 Å². The molecular formula is C16H19F3N2O6. The van der Waals surface area contributed by atoms with Gasteiger partial charge in [0.2, 0.25) is 0 Å². The van der Waals surface area contributed by atoms with Crippen LogP contribution < -0.4 is 0 Å². The number of likely N-dealkylation sites (tertiary alicyclic amines) is 1. The van der Waals surface area contributed by atoms with E-state index in [2.05, 4.69) is 4.57 Å². The first-order valence-electron chi connectivity index (χ1n) is 8.05. The van der Waals surface area contributed by atoms with Gasteiger partial charge in [-0.2, -0.15) is 13.2 Å². The topological polar surface area (TPSA) is 120 Å². The SMILES string of the molecule is O=C(O)C(F)(F)F.O=C(O)[C@@]12CN(CCCn3cccc3)C[C@]1(C(=O)O)C2. The Bertz CT molecular complexity index is 692. The molecule has 1 aliphatic carbocycles. The van der Waals surface area contributed by atoms with Crippen LogP contribution in [-0.4, -0.2) is 68.5 Å². The minimum atomic E-state index is -5.08. The highest BCUT2D eigenvalue weighted by molar-refractivity contribution is 5.94. The molecule has 1 saturated heterocycles. The van der Waals surface area contributed by atoms with Gasteiger partial charge in [0.15, 0.2) is 0 Å². The first-order chi connectivity index (χ1) is 12.4. The van der Waals surface area contributed by atoms with Gasteiger partial charge in [-0.3, -0.25) is 9.59 Å². The maximum absolute atomic E-state index is 11.4. The molecular weight excluding hydrogens is 373 g/mol. The molecule has 8 nitrogen and oxygen atoms in total. The van der Waals surface area contributed by atoms with Crippen molar-refractivity contribution < 1.29 is 42.9 Å². The van der Waals surface area contributed by atoms with Crippen LogP contribution in [0, 0.1) is 10.8 Å². The summed E-state index contributed by atoms with van der Waals surface area (Å²) in [6.07, 6.45) is 0.0523. The molecule has 0 aromatic carbocycles. The average molecular weight is 392 g/mol. The molecule has 2 aliphatic rings. The predicted molar refractivity (Wildman–Crippen MR) is 83.9 cm³/mol. The van der Waals surface area contributed by atoms with E-state index in [9.17, 15) is 33.0 Å². The Morgan fingerprint density at radius 1 is 0.926 bits per heavy atom. The fraction of sp³-hybridized carbons (Fsp3) is 0.562. The monoisotopic (exact) mass is 392 g/mol. The molecule has 1 aromatic rings. The largest absolute Gasteiger partial charge is 0.490 e. The Balaban J connectivity index is 0.000000321. The van der Waals surface area contributed by atoms with E-state index in [1.54, 1.807) is 0 Å². The van der Waals surface area contributed by atoms with Crippen molar-refractivity contribution in [3.8, 4) is 0 Å². The zero-order chi connectivity index (χ0) is 20.5. The molecule has 27 heavy (non-hydrogen) atoms. The maximum Gasteiger partial charge on any atom is 0.490 e. The van der Waals surface area contributed by atoms with Gasteiger partial charge in [-0.1, -0.05) is 0 Å². The average Bonchev–Trinajstić information content (AvgIpc) is 2.88. The van der Waals surface area contributed by atoms with Crippen LogP contribution >= 0.6 is 0 Å². The third-order valence-electron chi connectivity index (χ3n) is 5.00. The van der Waals surface area contributed by atoms with Crippen molar-refractivity contribution in [2.45, 2.75) is 25.6 Å². The molecule has 0 unspecified atom stereocenters. The van der Waals surface area contributed by atoms with Crippen LogP contribution in [0.25, 0.3) is 0 Å². The van der Waals surface area contributed by atoms with E-state index in [0.717, 1.165) is 19.5 Å². The molecule has 2 heterocycles. The summed E-state index contributed by atoms with van der Waals surface area (Å²) in [6, 6.07) is 3.92. The molecule has 1 saturated carbocycles. The highest BCUT2D eigenvalue weighted by atomic mass is 19.4. The number of carboxylic acid groups (broad SMARTS) is 3. The molecule has 1 aromatic heterocycles. The lowest BCUT2D eigenvalue weighted by Gasteiger charge is -2.19. The number of nitrogens with zero attached hydrogens (tertiary/aromatic N) is 2. The molecule has 0 spiro atoms. The van der Waals surface area contributed by atoms with Gasteiger partial charge in [-0.05, 0) is 31.5 Å². The highest BCUT2D eigenvalue weighted by Gasteiger charge is 2.80. The Morgan fingerprint density at radius 2 is 1.37 bits per heavy atom. The number of piperidine rings is 1. The van der Waals surface area contributed by atoms with E-state index in [4.69, 9.17) is 9.90 Å². The molecule has 2 fully saturated rings. The van der Waals surface area contributed by atoms with Gasteiger partial charge in [0.05, 0.1) is 10.8 Å². The summed E-state index contributed by atoms with van der Waals surface area (Å²) in [5, 5.41) is 25.8. The fourth-order valence-electron chi connectivity index (χ4n) is 3.55. The summed E-state index contributed by atoms with van der Waals surface area (Å²) in [5.74, 6) is -4.69. The summed E-state index contributed by atoms with van der Waals surface area (Å²) in [5.41, 5.74) is -2.10. The molecule has 0 radical (unpaired) electrons. The minimum Gasteiger partial charge on any atom is -0.481 e. The summed E-state index contributed by atoms with van der Waals surface area (Å²) >= 11 is 0. The Kier molecular flexibility index (Phi) is 5.55. The number of hydrogen-bond acceptors (Lipinski definition) is 4. The minimum absolute atomic E-state index is 0.277. The van der Waals surface area contributed by atoms with Crippen molar-refractivity contribution in [3.63, 3.8) is 0 Å². The number of carbonyl (C=O) groups is 3. The van der Waals surface area contributed by atoms with Crippen LogP contribution in [0.4, 0.5) is 13.2 Å². The van der Waals surface area contributed by atoms with Crippen LogP contribution in [0.3, 0.4) is 0 Å². The van der Waals surface area contributed by atoms with E-state index < -0.39 is 34.9 Å². The zero-order valence-corrected chi connectivity index (χ0v) is 14.1. The number of alkyl halides is 3. The molecule has 11 heteroatoms. The van der Waals surface area contributed by atoms with Gasteiger partial charge in [-0.25, -0.2) is 4.79 Å². The molecule has 3 N–H and O–H groups in total. The van der Waals surface area contributed by atoms with Gasteiger partial charge < -0.3 is 24.8 Å². The summed E-state index contributed by atoms with van der Waals surface area (Å²) < 4.78 is 33.8. The summed E-state index contributed by atoms with van der Waals surface area (Å²) in [4.78, 5) is 33.7. The number of fused-ring (bicyclic) bond motifs is 1. The smallest absolute Gasteiger partial charge is 0.481 e. The Labute approximate surface area is 151 Å². The van der Waals surface area contributed by atoms with Crippen LogP contribution in [0.2, 0.25) is 0 Å². The van der Waals surface area contributed by atoms with E-state index >= 15 is 0 Å². The van der Waals surface area contributed by atoms with Gasteiger partial charge in [0.1, 0.15) is 0 Å². The van der Waals surface area contributed by atoms with Crippen molar-refractivity contribution in [2.75, 3.05) is 19.6 Å². The van der Waals surface area contributed by atoms with Crippen LogP contribution in [-0.2, 0) is 20.9 Å². The van der Waals surface area contributed by atoms with Gasteiger partial charge in [0, 0.05) is 32.0 Å². The lowest BCUT2D eigenvalue weighted by atomic mass is 9.97. The maximum atomic E-state index is 11.4. The lowest BCUT2D eigenvalue weighted by molar-refractivity contribution is -0.192. The first-order valence-corrected chi connectivity index (χ1v) is 8.05. The predicted octanol–water partition coefficient (Wildman–Crippen LogP) is 1.37. The molecule has 3 rings (SSSR count). The van der Waals surface area contributed by atoms with Crippen molar-refractivity contribution in [2.24, 2.45) is 10.8 Å². The van der Waals surface area contributed by atoms with Gasteiger partial charge in [-0.15, -0.1) is 0 Å². The van der Waals surface area contributed by atoms with Crippen molar-refractivity contribution in [1.82, 2.24) is 9.47 Å². The van der Waals surface area contributed by atoms with Crippen molar-refractivity contribution in [1.29, 1.82) is 0 Å². The first kappa shape index (κ1) is 20.7. The number of aryl methyl sites for hydroxylation is 1. The fourth-order valence-corrected chi connectivity index (χ4v) is 3.55. The standard InChI is InChI=1S/C14H18N2O4.C2HF3O2/c17-11(18)13-8-14(13,12(19)20)10-16(9-13)7-3-6-15-4-1-2-5-15;3-2(4,5)1(6)7/h1-2,4-5H,3,6-10H2,(H,17,18)(H,19,20);(H,6,7)/t13-,14+;. The summed E-state index contributed by atoms with van der Waals surface area (Å²) in [7, 11) is 0. The third-order valence-corrected chi connectivity index (χ3v) is 5.00. The highest BCUT2D eigenvalue weighted by Crippen LogP contribution is 2.68. The summed E-state index contributed by atoms with van der Waals surface area (Å²) in [6.45, 7) is 2.33. The van der Waals surface area contributed by atoms with E-state index in [1.807, 2.05) is 29.4 Å². The normalized spacial score (nSPS) is 26.6. The second-order valence-electron chi connectivity index (χ2n) is 6.74. The number of aromatic nitrogens is 1. The number of halogens is 3. The molecule has 0 bridgehead atoms. The third kappa shape index (κ3) is 4.07. The van der Waals surface area contributed by atoms with Gasteiger partial charge in [0.25, 0.3) is 0 Å².